The molecule has 0 bridgehead atoms. The van der Waals surface area contributed by atoms with Crippen LogP contribution in [-0.2, 0) is 0 Å². The van der Waals surface area contributed by atoms with Crippen LogP contribution in [0.3, 0.4) is 0 Å². The maximum atomic E-state index is 13.1. The Morgan fingerprint density at radius 1 is 1.52 bits per heavy atom. The standard InChI is InChI=1S/C15H17ClFN3S/c1-4-20(3)14(15-18-7-8-21-15)19-10(2)12-6-5-11(17)9-13(12)16/h5-10H,4H2,1-3H3/t10-/m1/s1. The maximum Gasteiger partial charge on any atom is 0.160 e. The van der Waals surface area contributed by atoms with Crippen molar-refractivity contribution < 1.29 is 4.39 Å². The van der Waals surface area contributed by atoms with Crippen LogP contribution in [0.1, 0.15) is 30.5 Å². The van der Waals surface area contributed by atoms with Crippen molar-refractivity contribution in [1.29, 1.82) is 0 Å². The molecular formula is C15H17ClFN3S. The van der Waals surface area contributed by atoms with Crippen LogP contribution in [0.15, 0.2) is 34.8 Å². The fourth-order valence-corrected chi connectivity index (χ4v) is 2.91. The normalized spacial score (nSPS) is 13.3. The van der Waals surface area contributed by atoms with Gasteiger partial charge in [0.15, 0.2) is 10.8 Å². The third-order valence-corrected chi connectivity index (χ3v) is 4.28. The first-order valence-corrected chi connectivity index (χ1v) is 7.92. The molecule has 0 saturated heterocycles. The second-order valence-electron chi connectivity index (χ2n) is 4.65. The summed E-state index contributed by atoms with van der Waals surface area (Å²) in [4.78, 5) is 11.1. The number of nitrogens with zero attached hydrogens (tertiary/aromatic N) is 3. The van der Waals surface area contributed by atoms with Crippen molar-refractivity contribution in [1.82, 2.24) is 9.88 Å². The van der Waals surface area contributed by atoms with Crippen molar-refractivity contribution in [2.24, 2.45) is 4.99 Å². The van der Waals surface area contributed by atoms with E-state index in [4.69, 9.17) is 16.6 Å². The first-order valence-electron chi connectivity index (χ1n) is 6.66. The largest absolute Gasteiger partial charge is 0.358 e. The van der Waals surface area contributed by atoms with E-state index in [-0.39, 0.29) is 11.9 Å². The van der Waals surface area contributed by atoms with E-state index in [2.05, 4.69) is 11.9 Å². The highest BCUT2D eigenvalue weighted by molar-refractivity contribution is 7.11. The molecule has 0 saturated carbocycles. The summed E-state index contributed by atoms with van der Waals surface area (Å²) in [6.45, 7) is 4.82. The van der Waals surface area contributed by atoms with Crippen molar-refractivity contribution >= 4 is 28.8 Å². The van der Waals surface area contributed by atoms with E-state index in [1.165, 1.54) is 12.1 Å². The van der Waals surface area contributed by atoms with Crippen LogP contribution in [0.2, 0.25) is 5.02 Å². The summed E-state index contributed by atoms with van der Waals surface area (Å²) in [5.41, 5.74) is 0.802. The van der Waals surface area contributed by atoms with Crippen LogP contribution < -0.4 is 0 Å². The molecule has 3 nitrogen and oxygen atoms in total. The number of halogens is 2. The molecule has 21 heavy (non-hydrogen) atoms. The van der Waals surface area contributed by atoms with Gasteiger partial charge in [0.1, 0.15) is 5.82 Å². The summed E-state index contributed by atoms with van der Waals surface area (Å²) in [6, 6.07) is 4.22. The number of rotatable bonds is 4. The Morgan fingerprint density at radius 3 is 2.86 bits per heavy atom. The third-order valence-electron chi connectivity index (χ3n) is 3.19. The Morgan fingerprint density at radius 2 is 2.29 bits per heavy atom. The fraction of sp³-hybridized carbons (Fsp3) is 0.333. The number of amidine groups is 1. The van der Waals surface area contributed by atoms with Crippen LogP contribution >= 0.6 is 22.9 Å². The van der Waals surface area contributed by atoms with Crippen molar-refractivity contribution in [2.45, 2.75) is 19.9 Å². The molecule has 0 spiro atoms. The molecule has 1 aromatic carbocycles. The molecule has 1 heterocycles. The molecule has 0 aliphatic rings. The van der Waals surface area contributed by atoms with Crippen LogP contribution in [0.5, 0.6) is 0 Å². The molecule has 112 valence electrons. The number of hydrogen-bond donors (Lipinski definition) is 0. The number of aliphatic imine (C=N–C) groups is 1. The van der Waals surface area contributed by atoms with E-state index in [1.807, 2.05) is 24.3 Å². The van der Waals surface area contributed by atoms with Crippen molar-refractivity contribution in [3.8, 4) is 0 Å². The zero-order valence-corrected chi connectivity index (χ0v) is 13.7. The smallest absolute Gasteiger partial charge is 0.160 e. The molecule has 1 atom stereocenters. The third kappa shape index (κ3) is 3.80. The summed E-state index contributed by atoms with van der Waals surface area (Å²) >= 11 is 7.65. The quantitative estimate of drug-likeness (QED) is 0.616. The highest BCUT2D eigenvalue weighted by Crippen LogP contribution is 2.27. The van der Waals surface area contributed by atoms with Crippen molar-refractivity contribution in [2.75, 3.05) is 13.6 Å². The van der Waals surface area contributed by atoms with E-state index < -0.39 is 0 Å². The minimum Gasteiger partial charge on any atom is -0.358 e. The van der Waals surface area contributed by atoms with Gasteiger partial charge in [-0.25, -0.2) is 9.37 Å². The van der Waals surface area contributed by atoms with Gasteiger partial charge in [-0.3, -0.25) is 4.99 Å². The highest BCUT2D eigenvalue weighted by Gasteiger charge is 2.15. The Labute approximate surface area is 133 Å². The summed E-state index contributed by atoms with van der Waals surface area (Å²) in [5.74, 6) is 0.478. The lowest BCUT2D eigenvalue weighted by atomic mass is 10.1. The Kier molecular flexibility index (Phi) is 5.31. The van der Waals surface area contributed by atoms with Gasteiger partial charge >= 0.3 is 0 Å². The Hall–Kier alpha value is -1.46. The van der Waals surface area contributed by atoms with Crippen molar-refractivity contribution in [3.05, 3.63) is 51.2 Å². The molecule has 2 rings (SSSR count). The summed E-state index contributed by atoms with van der Waals surface area (Å²) < 4.78 is 13.1. The minimum atomic E-state index is -0.342. The van der Waals surface area contributed by atoms with Gasteiger partial charge in [-0.05, 0) is 31.5 Å². The predicted molar refractivity (Wildman–Crippen MR) is 86.8 cm³/mol. The average molecular weight is 326 g/mol. The second-order valence-corrected chi connectivity index (χ2v) is 5.95. The van der Waals surface area contributed by atoms with Crippen LogP contribution in [-0.4, -0.2) is 29.3 Å². The Bertz CT molecular complexity index is 628. The first-order chi connectivity index (χ1) is 10.0. The zero-order chi connectivity index (χ0) is 15.4. The van der Waals surface area contributed by atoms with Gasteiger partial charge in [0.25, 0.3) is 0 Å². The van der Waals surface area contributed by atoms with Crippen LogP contribution in [0.4, 0.5) is 4.39 Å². The van der Waals surface area contributed by atoms with Gasteiger partial charge < -0.3 is 4.90 Å². The van der Waals surface area contributed by atoms with Gasteiger partial charge in [-0.2, -0.15) is 0 Å². The van der Waals surface area contributed by atoms with E-state index >= 15 is 0 Å². The lowest BCUT2D eigenvalue weighted by molar-refractivity contribution is 0.529. The predicted octanol–water partition coefficient (Wildman–Crippen LogP) is 4.40. The SMILES string of the molecule is CCN(C)C(=N[C@H](C)c1ccc(F)cc1Cl)c1nccs1. The monoisotopic (exact) mass is 325 g/mol. The van der Waals surface area contributed by atoms with E-state index in [9.17, 15) is 4.39 Å². The van der Waals surface area contributed by atoms with E-state index in [0.717, 1.165) is 23.0 Å². The summed E-state index contributed by atoms with van der Waals surface area (Å²) in [5, 5.41) is 3.18. The molecular weight excluding hydrogens is 309 g/mol. The summed E-state index contributed by atoms with van der Waals surface area (Å²) in [6.07, 6.45) is 1.76. The average Bonchev–Trinajstić information content (AvgIpc) is 2.97. The molecule has 6 heteroatoms. The lowest BCUT2D eigenvalue weighted by Gasteiger charge is -2.20. The maximum absolute atomic E-state index is 13.1. The van der Waals surface area contributed by atoms with Gasteiger partial charge in [0.2, 0.25) is 0 Å². The van der Waals surface area contributed by atoms with Crippen molar-refractivity contribution in [3.63, 3.8) is 0 Å². The van der Waals surface area contributed by atoms with Gasteiger partial charge in [0.05, 0.1) is 6.04 Å². The number of hydrogen-bond acceptors (Lipinski definition) is 3. The molecule has 1 aromatic heterocycles. The summed E-state index contributed by atoms with van der Waals surface area (Å²) in [7, 11) is 1.97. The molecule has 0 aliphatic heterocycles. The zero-order valence-electron chi connectivity index (χ0n) is 12.2. The number of benzene rings is 1. The minimum absolute atomic E-state index is 0.175. The Balaban J connectivity index is 2.37. The molecule has 0 aliphatic carbocycles. The highest BCUT2D eigenvalue weighted by atomic mass is 35.5. The van der Waals surface area contributed by atoms with Crippen LogP contribution in [0, 0.1) is 5.82 Å². The number of aromatic nitrogens is 1. The topological polar surface area (TPSA) is 28.5 Å². The van der Waals surface area contributed by atoms with Gasteiger partial charge in [-0.15, -0.1) is 11.3 Å². The van der Waals surface area contributed by atoms with E-state index in [1.54, 1.807) is 23.6 Å². The first kappa shape index (κ1) is 15.9. The van der Waals surface area contributed by atoms with Crippen LogP contribution in [0.25, 0.3) is 0 Å². The molecule has 2 aromatic rings. The molecule has 0 unspecified atom stereocenters. The lowest BCUT2D eigenvalue weighted by Crippen LogP contribution is -2.27. The molecule has 0 radical (unpaired) electrons. The van der Waals surface area contributed by atoms with Gasteiger partial charge in [0, 0.05) is 30.2 Å². The van der Waals surface area contributed by atoms with E-state index in [0.29, 0.717) is 5.02 Å². The number of thiazole rings is 1. The molecule has 0 amide bonds. The molecule has 0 fully saturated rings. The molecule has 0 N–H and O–H groups in total. The second kappa shape index (κ2) is 7.00. The van der Waals surface area contributed by atoms with Gasteiger partial charge in [-0.1, -0.05) is 17.7 Å². The fourth-order valence-electron chi connectivity index (χ4n) is 1.89.